The molecule has 1 amide bonds. The molecule has 0 unspecified atom stereocenters. The Kier molecular flexibility index (Phi) is 5.48. The van der Waals surface area contributed by atoms with Crippen LogP contribution in [0.25, 0.3) is 11.3 Å². The van der Waals surface area contributed by atoms with Gasteiger partial charge in [0.15, 0.2) is 0 Å². The van der Waals surface area contributed by atoms with E-state index >= 15 is 0 Å². The number of piperidine rings is 1. The van der Waals surface area contributed by atoms with E-state index in [0.29, 0.717) is 31.6 Å². The van der Waals surface area contributed by atoms with Crippen molar-refractivity contribution in [1.29, 1.82) is 0 Å². The fourth-order valence-electron chi connectivity index (χ4n) is 3.53. The van der Waals surface area contributed by atoms with Gasteiger partial charge in [-0.3, -0.25) is 14.9 Å². The molecule has 0 spiro atoms. The van der Waals surface area contributed by atoms with Gasteiger partial charge in [-0.15, -0.1) is 5.10 Å². The molecule has 0 aliphatic carbocycles. The van der Waals surface area contributed by atoms with Gasteiger partial charge >= 0.3 is 0 Å². The van der Waals surface area contributed by atoms with Crippen molar-refractivity contribution >= 4 is 34.5 Å². The van der Waals surface area contributed by atoms with Crippen molar-refractivity contribution < 1.29 is 9.72 Å². The Balaban J connectivity index is 1.35. The number of aromatic nitrogens is 2. The zero-order valence-electron chi connectivity index (χ0n) is 15.5. The topological polar surface area (TPSA) is 101 Å². The first-order valence-electron chi connectivity index (χ1n) is 9.28. The number of hydrogen-bond donors (Lipinski definition) is 1. The first kappa shape index (κ1) is 19.0. The van der Waals surface area contributed by atoms with Crippen LogP contribution in [0.2, 0.25) is 0 Å². The molecule has 29 heavy (non-hydrogen) atoms. The lowest BCUT2D eigenvalue weighted by molar-refractivity contribution is -0.384. The third-order valence-corrected chi connectivity index (χ3v) is 5.60. The predicted molar refractivity (Wildman–Crippen MR) is 112 cm³/mol. The van der Waals surface area contributed by atoms with Crippen molar-refractivity contribution in [3.8, 4) is 11.3 Å². The van der Waals surface area contributed by atoms with E-state index in [2.05, 4.69) is 14.9 Å². The van der Waals surface area contributed by atoms with E-state index < -0.39 is 0 Å². The Labute approximate surface area is 171 Å². The van der Waals surface area contributed by atoms with E-state index in [1.807, 2.05) is 34.5 Å². The summed E-state index contributed by atoms with van der Waals surface area (Å²) in [7, 11) is 0. The molecule has 0 radical (unpaired) electrons. The SMILES string of the molecule is O=C(Nc1ccc(-c2csnn2)cc1)C1CCN(c2ccccc2[N+](=O)[O-])CC1. The number of nitrogens with one attached hydrogen (secondary N) is 1. The summed E-state index contributed by atoms with van der Waals surface area (Å²) in [5.41, 5.74) is 3.22. The maximum atomic E-state index is 12.6. The van der Waals surface area contributed by atoms with Crippen LogP contribution in [-0.4, -0.2) is 33.5 Å². The molecule has 0 bridgehead atoms. The van der Waals surface area contributed by atoms with Gasteiger partial charge < -0.3 is 10.2 Å². The van der Waals surface area contributed by atoms with Crippen LogP contribution in [0.15, 0.2) is 53.9 Å². The second-order valence-corrected chi connectivity index (χ2v) is 7.47. The molecule has 148 valence electrons. The number of hydrogen-bond acceptors (Lipinski definition) is 7. The van der Waals surface area contributed by atoms with Crippen molar-refractivity contribution in [1.82, 2.24) is 9.59 Å². The van der Waals surface area contributed by atoms with Crippen LogP contribution in [0.5, 0.6) is 0 Å². The first-order valence-corrected chi connectivity index (χ1v) is 10.1. The van der Waals surface area contributed by atoms with E-state index in [1.54, 1.807) is 18.2 Å². The van der Waals surface area contributed by atoms with Crippen molar-refractivity contribution in [2.24, 2.45) is 5.92 Å². The van der Waals surface area contributed by atoms with Crippen molar-refractivity contribution in [3.05, 3.63) is 64.0 Å². The van der Waals surface area contributed by atoms with Gasteiger partial charge in [0.2, 0.25) is 5.91 Å². The number of para-hydroxylation sites is 2. The highest BCUT2D eigenvalue weighted by Gasteiger charge is 2.28. The summed E-state index contributed by atoms with van der Waals surface area (Å²) < 4.78 is 3.85. The minimum Gasteiger partial charge on any atom is -0.366 e. The van der Waals surface area contributed by atoms with E-state index in [-0.39, 0.29) is 22.4 Å². The molecule has 1 aliphatic heterocycles. The van der Waals surface area contributed by atoms with Gasteiger partial charge in [-0.2, -0.15) is 0 Å². The predicted octanol–water partition coefficient (Wildman–Crippen LogP) is 3.97. The van der Waals surface area contributed by atoms with Crippen LogP contribution in [0, 0.1) is 16.0 Å². The number of anilines is 2. The third-order valence-electron chi connectivity index (χ3n) is 5.09. The smallest absolute Gasteiger partial charge is 0.292 e. The van der Waals surface area contributed by atoms with E-state index in [4.69, 9.17) is 0 Å². The highest BCUT2D eigenvalue weighted by molar-refractivity contribution is 7.03. The molecule has 3 aromatic rings. The number of benzene rings is 2. The largest absolute Gasteiger partial charge is 0.366 e. The highest BCUT2D eigenvalue weighted by atomic mass is 32.1. The summed E-state index contributed by atoms with van der Waals surface area (Å²) >= 11 is 1.30. The minimum absolute atomic E-state index is 0.0183. The number of amides is 1. The van der Waals surface area contributed by atoms with Crippen LogP contribution in [0.3, 0.4) is 0 Å². The summed E-state index contributed by atoms with van der Waals surface area (Å²) in [5, 5.41) is 20.1. The Bertz CT molecular complexity index is 999. The molecule has 0 saturated carbocycles. The molecule has 9 heteroatoms. The Morgan fingerprint density at radius 3 is 2.52 bits per heavy atom. The monoisotopic (exact) mass is 409 g/mol. The minimum atomic E-state index is -0.362. The summed E-state index contributed by atoms with van der Waals surface area (Å²) in [6, 6.07) is 14.3. The quantitative estimate of drug-likeness (QED) is 0.505. The van der Waals surface area contributed by atoms with Crippen molar-refractivity contribution in [2.45, 2.75) is 12.8 Å². The molecule has 2 heterocycles. The fraction of sp³-hybridized carbons (Fsp3) is 0.250. The number of nitro benzene ring substituents is 1. The molecule has 1 aromatic heterocycles. The van der Waals surface area contributed by atoms with E-state index in [0.717, 1.165) is 16.9 Å². The third kappa shape index (κ3) is 4.24. The summed E-state index contributed by atoms with van der Waals surface area (Å²) in [6.45, 7) is 1.22. The molecule has 1 N–H and O–H groups in total. The van der Waals surface area contributed by atoms with Crippen molar-refractivity contribution in [2.75, 3.05) is 23.3 Å². The summed E-state index contributed by atoms with van der Waals surface area (Å²) in [5.74, 6) is -0.133. The van der Waals surface area contributed by atoms with Gasteiger partial charge in [-0.25, -0.2) is 0 Å². The highest BCUT2D eigenvalue weighted by Crippen LogP contribution is 2.31. The molecule has 1 aliphatic rings. The average Bonchev–Trinajstić information content (AvgIpc) is 3.29. The summed E-state index contributed by atoms with van der Waals surface area (Å²) in [4.78, 5) is 25.5. The van der Waals surface area contributed by atoms with Gasteiger partial charge in [0.1, 0.15) is 11.4 Å². The Morgan fingerprint density at radius 1 is 1.14 bits per heavy atom. The van der Waals surface area contributed by atoms with Gasteiger partial charge in [0.25, 0.3) is 5.69 Å². The normalized spacial score (nSPS) is 14.6. The maximum absolute atomic E-state index is 12.6. The zero-order chi connectivity index (χ0) is 20.2. The molecule has 8 nitrogen and oxygen atoms in total. The molecule has 4 rings (SSSR count). The van der Waals surface area contributed by atoms with E-state index in [9.17, 15) is 14.9 Å². The molecular weight excluding hydrogens is 390 g/mol. The van der Waals surface area contributed by atoms with Crippen LogP contribution in [0.4, 0.5) is 17.1 Å². The van der Waals surface area contributed by atoms with Crippen LogP contribution in [-0.2, 0) is 4.79 Å². The lowest BCUT2D eigenvalue weighted by atomic mass is 9.95. The molecule has 0 atom stereocenters. The van der Waals surface area contributed by atoms with Gasteiger partial charge in [0, 0.05) is 41.7 Å². The van der Waals surface area contributed by atoms with Crippen LogP contribution >= 0.6 is 11.5 Å². The number of nitrogens with zero attached hydrogens (tertiary/aromatic N) is 4. The van der Waals surface area contributed by atoms with Gasteiger partial charge in [-0.05, 0) is 42.6 Å². The number of rotatable bonds is 5. The Hall–Kier alpha value is -3.33. The molecule has 1 saturated heterocycles. The second-order valence-electron chi connectivity index (χ2n) is 6.86. The molecule has 1 fully saturated rings. The second kappa shape index (κ2) is 8.36. The van der Waals surface area contributed by atoms with Crippen molar-refractivity contribution in [3.63, 3.8) is 0 Å². The van der Waals surface area contributed by atoms with Crippen LogP contribution in [0.1, 0.15) is 12.8 Å². The van der Waals surface area contributed by atoms with Crippen LogP contribution < -0.4 is 10.2 Å². The number of carbonyl (C=O) groups excluding carboxylic acids is 1. The summed E-state index contributed by atoms with van der Waals surface area (Å²) in [6.07, 6.45) is 1.31. The lowest BCUT2D eigenvalue weighted by Gasteiger charge is -2.32. The lowest BCUT2D eigenvalue weighted by Crippen LogP contribution is -2.38. The van der Waals surface area contributed by atoms with E-state index in [1.165, 1.54) is 17.6 Å². The fourth-order valence-corrected chi connectivity index (χ4v) is 3.99. The Morgan fingerprint density at radius 2 is 1.86 bits per heavy atom. The number of carbonyl (C=O) groups is 1. The average molecular weight is 409 g/mol. The molecule has 2 aromatic carbocycles. The zero-order valence-corrected chi connectivity index (χ0v) is 16.3. The van der Waals surface area contributed by atoms with Gasteiger partial charge in [-0.1, -0.05) is 28.8 Å². The molecular formula is C20H19N5O3S. The standard InChI is InChI=1S/C20H19N5O3S/c26-20(21-16-7-5-14(6-8-16)17-13-29-23-22-17)15-9-11-24(12-10-15)18-3-1-2-4-19(18)25(27)28/h1-8,13,15H,9-12H2,(H,21,26). The number of nitro groups is 1. The van der Waals surface area contributed by atoms with Gasteiger partial charge in [0.05, 0.1) is 4.92 Å². The first-order chi connectivity index (χ1) is 14.1. The maximum Gasteiger partial charge on any atom is 0.292 e.